The zero-order valence-electron chi connectivity index (χ0n) is 13.9. The van der Waals surface area contributed by atoms with Gasteiger partial charge in [-0.1, -0.05) is 60.7 Å². The molecule has 1 aliphatic rings. The average molecular weight is 325 g/mol. The molecule has 3 N–H and O–H groups in total. The van der Waals surface area contributed by atoms with Gasteiger partial charge in [-0.15, -0.1) is 0 Å². The lowest BCUT2D eigenvalue weighted by molar-refractivity contribution is -0.650. The standard InChI is InChI=1S/C20H24N2O2/c23-19(15-21-14-18-12-7-13-24-18)22-20(16-8-3-1-4-9-16)17-10-5-2-6-11-17/h1-6,8-11,18,20-21H,7,12-15H2,(H,22,23)/p+1/t18-/m0/s1. The number of hydrogen-bond donors (Lipinski definition) is 2. The lowest BCUT2D eigenvalue weighted by atomic mass is 9.99. The van der Waals surface area contributed by atoms with Gasteiger partial charge >= 0.3 is 0 Å². The quantitative estimate of drug-likeness (QED) is 0.813. The summed E-state index contributed by atoms with van der Waals surface area (Å²) in [5.41, 5.74) is 2.19. The third kappa shape index (κ3) is 4.66. The van der Waals surface area contributed by atoms with Gasteiger partial charge in [0, 0.05) is 6.61 Å². The Bertz CT molecular complexity index is 585. The van der Waals surface area contributed by atoms with Gasteiger partial charge in [-0.3, -0.25) is 4.79 Å². The molecule has 126 valence electrons. The van der Waals surface area contributed by atoms with Gasteiger partial charge in [0.15, 0.2) is 6.54 Å². The van der Waals surface area contributed by atoms with E-state index in [4.69, 9.17) is 4.74 Å². The van der Waals surface area contributed by atoms with Crippen molar-refractivity contribution < 1.29 is 14.8 Å². The minimum Gasteiger partial charge on any atom is -0.372 e. The van der Waals surface area contributed by atoms with Crippen molar-refractivity contribution in [2.75, 3.05) is 19.7 Å². The van der Waals surface area contributed by atoms with E-state index >= 15 is 0 Å². The fourth-order valence-corrected chi connectivity index (χ4v) is 3.10. The van der Waals surface area contributed by atoms with Crippen molar-refractivity contribution in [3.05, 3.63) is 71.8 Å². The van der Waals surface area contributed by atoms with Crippen molar-refractivity contribution in [1.82, 2.24) is 5.32 Å². The van der Waals surface area contributed by atoms with Crippen molar-refractivity contribution in [2.24, 2.45) is 0 Å². The van der Waals surface area contributed by atoms with Gasteiger partial charge in [-0.05, 0) is 24.0 Å². The summed E-state index contributed by atoms with van der Waals surface area (Å²) in [5.74, 6) is 0.0469. The van der Waals surface area contributed by atoms with Crippen LogP contribution in [-0.2, 0) is 9.53 Å². The molecule has 0 unspecified atom stereocenters. The van der Waals surface area contributed by atoms with E-state index in [2.05, 4.69) is 5.32 Å². The van der Waals surface area contributed by atoms with Crippen LogP contribution in [0.15, 0.2) is 60.7 Å². The van der Waals surface area contributed by atoms with Gasteiger partial charge < -0.3 is 15.4 Å². The van der Waals surface area contributed by atoms with Crippen molar-refractivity contribution in [1.29, 1.82) is 0 Å². The summed E-state index contributed by atoms with van der Waals surface area (Å²) in [6.45, 7) is 2.14. The maximum atomic E-state index is 12.4. The van der Waals surface area contributed by atoms with Crippen molar-refractivity contribution in [2.45, 2.75) is 25.0 Å². The third-order valence-corrected chi connectivity index (χ3v) is 4.35. The summed E-state index contributed by atoms with van der Waals surface area (Å²) < 4.78 is 5.59. The van der Waals surface area contributed by atoms with Gasteiger partial charge in [0.1, 0.15) is 12.6 Å². The first-order valence-corrected chi connectivity index (χ1v) is 8.65. The van der Waals surface area contributed by atoms with Gasteiger partial charge in [0.25, 0.3) is 5.91 Å². The molecule has 2 aromatic carbocycles. The van der Waals surface area contributed by atoms with Crippen LogP contribution in [0, 0.1) is 0 Å². The Hall–Kier alpha value is -2.17. The summed E-state index contributed by atoms with van der Waals surface area (Å²) in [6.07, 6.45) is 2.54. The number of rotatable bonds is 7. The molecule has 1 amide bonds. The van der Waals surface area contributed by atoms with Crippen molar-refractivity contribution in [3.63, 3.8) is 0 Å². The third-order valence-electron chi connectivity index (χ3n) is 4.35. The largest absolute Gasteiger partial charge is 0.372 e. The molecule has 0 aromatic heterocycles. The first kappa shape index (κ1) is 16.7. The maximum Gasteiger partial charge on any atom is 0.275 e. The highest BCUT2D eigenvalue weighted by Gasteiger charge is 2.20. The zero-order chi connectivity index (χ0) is 16.6. The molecule has 0 bridgehead atoms. The molecule has 0 aliphatic carbocycles. The number of carbonyl (C=O) groups excluding carboxylic acids is 1. The van der Waals surface area contributed by atoms with Gasteiger partial charge in [0.2, 0.25) is 0 Å². The lowest BCUT2D eigenvalue weighted by Crippen LogP contribution is -2.88. The number of hydrogen-bond acceptors (Lipinski definition) is 2. The normalized spacial score (nSPS) is 17.1. The molecular formula is C20H25N2O2+. The van der Waals surface area contributed by atoms with Crippen LogP contribution in [0.1, 0.15) is 30.0 Å². The highest BCUT2D eigenvalue weighted by molar-refractivity contribution is 5.77. The highest BCUT2D eigenvalue weighted by Crippen LogP contribution is 2.21. The van der Waals surface area contributed by atoms with E-state index in [1.165, 1.54) is 0 Å². The van der Waals surface area contributed by atoms with Crippen LogP contribution >= 0.6 is 0 Å². The molecule has 24 heavy (non-hydrogen) atoms. The minimum atomic E-state index is -0.115. The first-order chi connectivity index (χ1) is 11.8. The Morgan fingerprint density at radius 3 is 2.25 bits per heavy atom. The van der Waals surface area contributed by atoms with Gasteiger partial charge in [-0.25, -0.2) is 0 Å². The topological polar surface area (TPSA) is 54.9 Å². The minimum absolute atomic E-state index is 0.0469. The number of nitrogens with one attached hydrogen (secondary N) is 1. The summed E-state index contributed by atoms with van der Waals surface area (Å²) in [6, 6.07) is 20.1. The van der Waals surface area contributed by atoms with Crippen molar-refractivity contribution >= 4 is 5.91 Å². The molecule has 3 rings (SSSR count). The summed E-state index contributed by atoms with van der Waals surface area (Å²) in [7, 11) is 0. The predicted molar refractivity (Wildman–Crippen MR) is 93.5 cm³/mol. The number of carbonyl (C=O) groups is 1. The fourth-order valence-electron chi connectivity index (χ4n) is 3.10. The van der Waals surface area contributed by atoms with Crippen LogP contribution in [-0.4, -0.2) is 31.7 Å². The SMILES string of the molecule is O=C(C[NH2+]C[C@@H]1CCCO1)NC(c1ccccc1)c1ccccc1. The Morgan fingerprint density at radius 2 is 1.71 bits per heavy atom. The number of ether oxygens (including phenoxy) is 1. The lowest BCUT2D eigenvalue weighted by Gasteiger charge is -2.19. The van der Waals surface area contributed by atoms with E-state index in [0.717, 1.165) is 37.1 Å². The average Bonchev–Trinajstić information content (AvgIpc) is 3.15. The van der Waals surface area contributed by atoms with Gasteiger partial charge in [0.05, 0.1) is 6.04 Å². The van der Waals surface area contributed by atoms with Crippen LogP contribution in [0.5, 0.6) is 0 Å². The zero-order valence-corrected chi connectivity index (χ0v) is 13.9. The fraction of sp³-hybridized carbons (Fsp3) is 0.350. The molecule has 1 fully saturated rings. The Labute approximate surface area is 143 Å². The molecule has 0 radical (unpaired) electrons. The van der Waals surface area contributed by atoms with Crippen LogP contribution in [0.4, 0.5) is 0 Å². The van der Waals surface area contributed by atoms with Crippen LogP contribution < -0.4 is 10.6 Å². The van der Waals surface area contributed by atoms with E-state index in [9.17, 15) is 4.79 Å². The monoisotopic (exact) mass is 325 g/mol. The highest BCUT2D eigenvalue weighted by atomic mass is 16.5. The molecule has 1 saturated heterocycles. The molecule has 4 nitrogen and oxygen atoms in total. The van der Waals surface area contributed by atoms with Gasteiger partial charge in [-0.2, -0.15) is 0 Å². The number of quaternary nitrogens is 1. The summed E-state index contributed by atoms with van der Waals surface area (Å²) in [4.78, 5) is 12.4. The van der Waals surface area contributed by atoms with E-state index in [-0.39, 0.29) is 11.9 Å². The molecule has 4 heteroatoms. The molecule has 1 atom stereocenters. The van der Waals surface area contributed by atoms with Crippen molar-refractivity contribution in [3.8, 4) is 0 Å². The van der Waals surface area contributed by atoms with E-state index in [1.807, 2.05) is 66.0 Å². The molecule has 1 aliphatic heterocycles. The van der Waals surface area contributed by atoms with Crippen LogP contribution in [0.3, 0.4) is 0 Å². The van der Waals surface area contributed by atoms with Crippen LogP contribution in [0.25, 0.3) is 0 Å². The molecule has 2 aromatic rings. The first-order valence-electron chi connectivity index (χ1n) is 8.65. The Balaban J connectivity index is 1.60. The van der Waals surface area contributed by atoms with E-state index < -0.39 is 0 Å². The summed E-state index contributed by atoms with van der Waals surface area (Å²) in [5, 5.41) is 5.20. The molecule has 1 heterocycles. The second-order valence-electron chi connectivity index (χ2n) is 6.19. The molecular weight excluding hydrogens is 300 g/mol. The van der Waals surface area contributed by atoms with E-state index in [0.29, 0.717) is 12.6 Å². The smallest absolute Gasteiger partial charge is 0.275 e. The second-order valence-corrected chi connectivity index (χ2v) is 6.19. The van der Waals surface area contributed by atoms with E-state index in [1.54, 1.807) is 0 Å². The Kier molecular flexibility index (Phi) is 5.99. The predicted octanol–water partition coefficient (Wildman–Crippen LogP) is 1.63. The Morgan fingerprint density at radius 1 is 1.08 bits per heavy atom. The number of nitrogens with two attached hydrogens (primary N) is 1. The maximum absolute atomic E-state index is 12.4. The molecule has 0 spiro atoms. The van der Waals surface area contributed by atoms with Crippen LogP contribution in [0.2, 0.25) is 0 Å². The second kappa shape index (κ2) is 8.62. The number of benzene rings is 2. The molecule has 0 saturated carbocycles. The number of amides is 1. The summed E-state index contributed by atoms with van der Waals surface area (Å²) >= 11 is 0.